The van der Waals surface area contributed by atoms with E-state index in [4.69, 9.17) is 9.47 Å². The zero-order valence-electron chi connectivity index (χ0n) is 20.1. The largest absolute Gasteiger partial charge is 0.497 e. The lowest BCUT2D eigenvalue weighted by atomic mass is 10.1. The first-order chi connectivity index (χ1) is 16.6. The van der Waals surface area contributed by atoms with Gasteiger partial charge in [-0.2, -0.15) is 0 Å². The third-order valence-electron chi connectivity index (χ3n) is 5.97. The lowest BCUT2D eigenvalue weighted by molar-refractivity contribution is -0.116. The number of carbonyl (C=O) groups is 2. The Bertz CT molecular complexity index is 891. The molecule has 1 aliphatic rings. The number of piperazine rings is 1. The average molecular weight is 463 g/mol. The van der Waals surface area contributed by atoms with Gasteiger partial charge in [0, 0.05) is 52.1 Å². The van der Waals surface area contributed by atoms with E-state index in [1.165, 1.54) is 0 Å². The smallest absolute Gasteiger partial charge is 0.156 e. The monoisotopic (exact) mass is 462 g/mol. The van der Waals surface area contributed by atoms with Crippen LogP contribution in [0.25, 0.3) is 12.2 Å². The number of methoxy groups -OCH3 is 2. The molecule has 0 bridgehead atoms. The van der Waals surface area contributed by atoms with Crippen LogP contribution in [0, 0.1) is 0 Å². The van der Waals surface area contributed by atoms with Gasteiger partial charge in [-0.3, -0.25) is 9.59 Å². The molecule has 0 saturated carbocycles. The van der Waals surface area contributed by atoms with Crippen molar-refractivity contribution in [2.24, 2.45) is 0 Å². The highest BCUT2D eigenvalue weighted by molar-refractivity contribution is 5.94. The Labute approximate surface area is 202 Å². The summed E-state index contributed by atoms with van der Waals surface area (Å²) in [5.41, 5.74) is 1.97. The van der Waals surface area contributed by atoms with Crippen molar-refractivity contribution < 1.29 is 19.1 Å². The van der Waals surface area contributed by atoms with E-state index in [2.05, 4.69) is 9.80 Å². The fourth-order valence-corrected chi connectivity index (χ4v) is 3.75. The molecule has 6 heteroatoms. The first kappa shape index (κ1) is 25.4. The summed E-state index contributed by atoms with van der Waals surface area (Å²) in [6, 6.07) is 15.3. The lowest BCUT2D eigenvalue weighted by Gasteiger charge is -2.34. The summed E-state index contributed by atoms with van der Waals surface area (Å²) in [5, 5.41) is 0. The molecule has 6 nitrogen and oxygen atoms in total. The number of hydrogen-bond acceptors (Lipinski definition) is 6. The van der Waals surface area contributed by atoms with Gasteiger partial charge in [-0.25, -0.2) is 0 Å². The molecule has 1 fully saturated rings. The number of ketones is 2. The van der Waals surface area contributed by atoms with Crippen LogP contribution in [-0.4, -0.2) is 74.9 Å². The van der Waals surface area contributed by atoms with Crippen molar-refractivity contribution in [2.75, 3.05) is 53.5 Å². The van der Waals surface area contributed by atoms with E-state index >= 15 is 0 Å². The van der Waals surface area contributed by atoms with Gasteiger partial charge in [0.25, 0.3) is 0 Å². The second-order valence-electron chi connectivity index (χ2n) is 8.33. The molecule has 0 aromatic heterocycles. The van der Waals surface area contributed by atoms with Crippen LogP contribution >= 0.6 is 0 Å². The maximum atomic E-state index is 12.2. The number of hydrogen-bond donors (Lipinski definition) is 0. The molecule has 1 aliphatic heterocycles. The summed E-state index contributed by atoms with van der Waals surface area (Å²) in [4.78, 5) is 29.1. The van der Waals surface area contributed by atoms with Gasteiger partial charge >= 0.3 is 0 Å². The van der Waals surface area contributed by atoms with E-state index in [0.717, 1.165) is 61.9 Å². The van der Waals surface area contributed by atoms with Crippen LogP contribution in [-0.2, 0) is 9.59 Å². The fraction of sp³-hybridized carbons (Fsp3) is 0.357. The van der Waals surface area contributed by atoms with Crippen LogP contribution in [0.15, 0.2) is 60.7 Å². The maximum Gasteiger partial charge on any atom is 0.156 e. The van der Waals surface area contributed by atoms with Crippen molar-refractivity contribution >= 4 is 23.7 Å². The molecule has 1 heterocycles. The predicted molar refractivity (Wildman–Crippen MR) is 136 cm³/mol. The second-order valence-corrected chi connectivity index (χ2v) is 8.33. The molecule has 0 spiro atoms. The molecular formula is C28H34N2O4. The summed E-state index contributed by atoms with van der Waals surface area (Å²) in [6.07, 6.45) is 8.04. The SMILES string of the molecule is COc1ccc(/C=C\C(=O)CCN2CCN(CCC(=O)/C=C\c3ccc(OC)cc3)CC2)cc1. The number of nitrogens with zero attached hydrogens (tertiary/aromatic N) is 2. The second kappa shape index (κ2) is 13.5. The minimum absolute atomic E-state index is 0.132. The van der Waals surface area contributed by atoms with Crippen molar-refractivity contribution in [2.45, 2.75) is 12.8 Å². The standard InChI is InChI=1S/C28H34N2O4/c1-33-27-11-5-23(6-12-27)3-9-25(31)15-17-29-19-21-30(22-20-29)18-16-26(32)10-4-24-7-13-28(34-2)14-8-24/h3-14H,15-22H2,1-2H3/b9-3-,10-4-. The molecule has 34 heavy (non-hydrogen) atoms. The third-order valence-corrected chi connectivity index (χ3v) is 5.97. The van der Waals surface area contributed by atoms with Gasteiger partial charge in [-0.05, 0) is 47.5 Å². The van der Waals surface area contributed by atoms with E-state index in [1.54, 1.807) is 26.4 Å². The van der Waals surface area contributed by atoms with Crippen LogP contribution in [0.2, 0.25) is 0 Å². The Hall–Kier alpha value is -3.22. The van der Waals surface area contributed by atoms with E-state index < -0.39 is 0 Å². The van der Waals surface area contributed by atoms with Crippen LogP contribution in [0.1, 0.15) is 24.0 Å². The highest BCUT2D eigenvalue weighted by Gasteiger charge is 2.17. The van der Waals surface area contributed by atoms with Gasteiger partial charge in [0.15, 0.2) is 11.6 Å². The highest BCUT2D eigenvalue weighted by Crippen LogP contribution is 2.13. The molecule has 3 rings (SSSR count). The van der Waals surface area contributed by atoms with Crippen molar-refractivity contribution in [3.05, 3.63) is 71.8 Å². The van der Waals surface area contributed by atoms with Crippen LogP contribution in [0.5, 0.6) is 11.5 Å². The number of rotatable bonds is 12. The number of benzene rings is 2. The molecule has 0 amide bonds. The molecule has 0 radical (unpaired) electrons. The molecule has 1 saturated heterocycles. The molecule has 0 N–H and O–H groups in total. The van der Waals surface area contributed by atoms with Gasteiger partial charge in [-0.15, -0.1) is 0 Å². The van der Waals surface area contributed by atoms with Gasteiger partial charge in [0.2, 0.25) is 0 Å². The molecule has 180 valence electrons. The Kier molecular flexibility index (Phi) is 10.1. The van der Waals surface area contributed by atoms with Crippen LogP contribution in [0.3, 0.4) is 0 Å². The first-order valence-electron chi connectivity index (χ1n) is 11.7. The molecule has 0 unspecified atom stereocenters. The third kappa shape index (κ3) is 8.61. The maximum absolute atomic E-state index is 12.2. The Morgan fingerprint density at radius 1 is 0.676 bits per heavy atom. The molecule has 2 aromatic carbocycles. The van der Waals surface area contributed by atoms with E-state index in [-0.39, 0.29) is 11.6 Å². The highest BCUT2D eigenvalue weighted by atomic mass is 16.5. The minimum Gasteiger partial charge on any atom is -0.497 e. The zero-order valence-corrected chi connectivity index (χ0v) is 20.1. The van der Waals surface area contributed by atoms with Crippen molar-refractivity contribution in [3.63, 3.8) is 0 Å². The molecule has 2 aromatic rings. The van der Waals surface area contributed by atoms with E-state index in [1.807, 2.05) is 60.7 Å². The lowest BCUT2D eigenvalue weighted by Crippen LogP contribution is -2.47. The van der Waals surface area contributed by atoms with Crippen LogP contribution < -0.4 is 9.47 Å². The summed E-state index contributed by atoms with van der Waals surface area (Å²) in [6.45, 7) is 5.22. The van der Waals surface area contributed by atoms with Gasteiger partial charge in [0.1, 0.15) is 11.5 Å². The van der Waals surface area contributed by atoms with Crippen molar-refractivity contribution in [3.8, 4) is 11.5 Å². The normalized spacial score (nSPS) is 15.1. The van der Waals surface area contributed by atoms with Gasteiger partial charge in [0.05, 0.1) is 14.2 Å². The van der Waals surface area contributed by atoms with Gasteiger partial charge < -0.3 is 19.3 Å². The summed E-state index contributed by atoms with van der Waals surface area (Å²) >= 11 is 0. The first-order valence-corrected chi connectivity index (χ1v) is 11.7. The summed E-state index contributed by atoms with van der Waals surface area (Å²) < 4.78 is 10.3. The van der Waals surface area contributed by atoms with E-state index in [0.29, 0.717) is 12.8 Å². The Morgan fingerprint density at radius 2 is 1.03 bits per heavy atom. The predicted octanol–water partition coefficient (Wildman–Crippen LogP) is 3.97. The minimum atomic E-state index is 0.132. The molecule has 0 aliphatic carbocycles. The number of carbonyl (C=O) groups excluding carboxylic acids is 2. The molecular weight excluding hydrogens is 428 g/mol. The summed E-state index contributed by atoms with van der Waals surface area (Å²) in [7, 11) is 3.27. The van der Waals surface area contributed by atoms with Crippen LogP contribution in [0.4, 0.5) is 0 Å². The number of allylic oxidation sites excluding steroid dienone is 2. The van der Waals surface area contributed by atoms with Crippen molar-refractivity contribution in [1.29, 1.82) is 0 Å². The van der Waals surface area contributed by atoms with E-state index in [9.17, 15) is 9.59 Å². The fourth-order valence-electron chi connectivity index (χ4n) is 3.75. The summed E-state index contributed by atoms with van der Waals surface area (Å²) in [5.74, 6) is 1.87. The number of ether oxygens (including phenoxy) is 2. The average Bonchev–Trinajstić information content (AvgIpc) is 2.89. The zero-order chi connectivity index (χ0) is 24.2. The Balaban J connectivity index is 1.30. The Morgan fingerprint density at radius 3 is 1.35 bits per heavy atom. The van der Waals surface area contributed by atoms with Gasteiger partial charge in [-0.1, -0.05) is 36.4 Å². The topological polar surface area (TPSA) is 59.1 Å². The quantitative estimate of drug-likeness (QED) is 0.445. The molecule has 0 atom stereocenters. The van der Waals surface area contributed by atoms with Crippen molar-refractivity contribution in [1.82, 2.24) is 9.80 Å².